The van der Waals surface area contributed by atoms with E-state index >= 15 is 0 Å². The molecule has 0 radical (unpaired) electrons. The molecule has 0 N–H and O–H groups in total. The van der Waals surface area contributed by atoms with Crippen molar-refractivity contribution in [3.8, 4) is 0 Å². The Bertz CT molecular complexity index is 815. The molecule has 2 rings (SSSR count). The lowest BCUT2D eigenvalue weighted by Crippen LogP contribution is -2.26. The van der Waals surface area contributed by atoms with E-state index in [9.17, 15) is 18.5 Å². The third-order valence-corrected chi connectivity index (χ3v) is 5.43. The summed E-state index contributed by atoms with van der Waals surface area (Å²) in [6, 6.07) is 12.5. The Balaban J connectivity index is 2.17. The molecule has 128 valence electrons. The molecule has 0 atom stereocenters. The molecule has 8 heteroatoms. The first-order valence-electron chi connectivity index (χ1n) is 7.19. The van der Waals surface area contributed by atoms with Gasteiger partial charge < -0.3 is 4.90 Å². The zero-order valence-corrected chi connectivity index (χ0v) is 14.5. The third kappa shape index (κ3) is 3.90. The van der Waals surface area contributed by atoms with Gasteiger partial charge in [0.15, 0.2) is 0 Å². The van der Waals surface area contributed by atoms with Gasteiger partial charge in [-0.25, -0.2) is 8.42 Å². The maximum atomic E-state index is 12.5. The molecule has 0 heterocycles. The summed E-state index contributed by atoms with van der Waals surface area (Å²) in [6.07, 6.45) is 0. The number of nitro benzene ring substituents is 1. The summed E-state index contributed by atoms with van der Waals surface area (Å²) < 4.78 is 26.3. The molecular formula is C16H19N3O4S. The predicted octanol–water partition coefficient (Wildman–Crippen LogP) is 2.48. The molecule has 0 spiro atoms. The monoisotopic (exact) mass is 349 g/mol. The quantitative estimate of drug-likeness (QED) is 0.591. The van der Waals surface area contributed by atoms with E-state index in [1.165, 1.54) is 35.6 Å². The number of hydrogen-bond acceptors (Lipinski definition) is 5. The van der Waals surface area contributed by atoms with Crippen LogP contribution in [0.25, 0.3) is 0 Å². The number of nitro groups is 1. The van der Waals surface area contributed by atoms with E-state index in [1.807, 2.05) is 43.3 Å². The van der Waals surface area contributed by atoms with Crippen LogP contribution in [0.3, 0.4) is 0 Å². The molecule has 0 saturated heterocycles. The van der Waals surface area contributed by atoms with Crippen molar-refractivity contribution < 1.29 is 13.3 Å². The first kappa shape index (κ1) is 17.9. The molecule has 0 amide bonds. The normalized spacial score (nSPS) is 11.5. The highest BCUT2D eigenvalue weighted by Gasteiger charge is 2.21. The number of hydrogen-bond donors (Lipinski definition) is 0. The summed E-state index contributed by atoms with van der Waals surface area (Å²) in [4.78, 5) is 12.1. The van der Waals surface area contributed by atoms with Crippen molar-refractivity contribution in [1.29, 1.82) is 0 Å². The van der Waals surface area contributed by atoms with E-state index in [0.29, 0.717) is 0 Å². The summed E-state index contributed by atoms with van der Waals surface area (Å²) in [5, 5.41) is 10.7. The molecule has 0 aliphatic rings. The number of anilines is 1. The predicted molar refractivity (Wildman–Crippen MR) is 92.5 cm³/mol. The lowest BCUT2D eigenvalue weighted by molar-refractivity contribution is -0.384. The van der Waals surface area contributed by atoms with Crippen LogP contribution in [0.4, 0.5) is 11.4 Å². The Morgan fingerprint density at radius 2 is 1.50 bits per heavy atom. The molecule has 2 aromatic rings. The van der Waals surface area contributed by atoms with Crippen LogP contribution < -0.4 is 4.90 Å². The molecule has 2 aromatic carbocycles. The average Bonchev–Trinajstić information content (AvgIpc) is 2.55. The molecule has 0 bridgehead atoms. The van der Waals surface area contributed by atoms with Gasteiger partial charge >= 0.3 is 0 Å². The van der Waals surface area contributed by atoms with Crippen molar-refractivity contribution in [3.05, 3.63) is 64.2 Å². The van der Waals surface area contributed by atoms with Gasteiger partial charge in [0.05, 0.1) is 9.82 Å². The van der Waals surface area contributed by atoms with Crippen LogP contribution in [0.5, 0.6) is 0 Å². The fourth-order valence-corrected chi connectivity index (χ4v) is 3.32. The molecule has 7 nitrogen and oxygen atoms in total. The fourth-order valence-electron chi connectivity index (χ4n) is 2.16. The number of nitrogens with zero attached hydrogens (tertiary/aromatic N) is 3. The third-order valence-electron chi connectivity index (χ3n) is 3.61. The van der Waals surface area contributed by atoms with Crippen molar-refractivity contribution in [1.82, 2.24) is 4.31 Å². The van der Waals surface area contributed by atoms with Gasteiger partial charge in [-0.15, -0.1) is 0 Å². The van der Waals surface area contributed by atoms with E-state index in [4.69, 9.17) is 0 Å². The standard InChI is InChI=1S/C16H19N3O4S/c1-17(2)14-6-4-13(5-7-14)12-18(3)24(22,23)16-10-8-15(9-11-16)19(20)21/h4-11H,12H2,1-3H3. The molecule has 0 unspecified atom stereocenters. The maximum Gasteiger partial charge on any atom is 0.269 e. The molecule has 24 heavy (non-hydrogen) atoms. The number of non-ortho nitro benzene ring substituents is 1. The molecule has 0 aromatic heterocycles. The van der Waals surface area contributed by atoms with E-state index in [1.54, 1.807) is 0 Å². The largest absolute Gasteiger partial charge is 0.378 e. The van der Waals surface area contributed by atoms with Gasteiger partial charge in [0, 0.05) is 45.5 Å². The van der Waals surface area contributed by atoms with Gasteiger partial charge in [0.2, 0.25) is 10.0 Å². The fraction of sp³-hybridized carbons (Fsp3) is 0.250. The second-order valence-electron chi connectivity index (χ2n) is 5.57. The van der Waals surface area contributed by atoms with Crippen molar-refractivity contribution >= 4 is 21.4 Å². The van der Waals surface area contributed by atoms with Crippen LogP contribution in [0.1, 0.15) is 5.56 Å². The Labute approximate surface area is 141 Å². The Hall–Kier alpha value is -2.45. The number of benzene rings is 2. The highest BCUT2D eigenvalue weighted by atomic mass is 32.2. The van der Waals surface area contributed by atoms with E-state index < -0.39 is 14.9 Å². The van der Waals surface area contributed by atoms with E-state index in [0.717, 1.165) is 11.3 Å². The Kier molecular flexibility index (Phi) is 5.20. The van der Waals surface area contributed by atoms with Gasteiger partial charge in [-0.05, 0) is 29.8 Å². The second-order valence-corrected chi connectivity index (χ2v) is 7.62. The summed E-state index contributed by atoms with van der Waals surface area (Å²) in [6.45, 7) is 0.215. The molecule has 0 fully saturated rings. The zero-order valence-electron chi connectivity index (χ0n) is 13.7. The molecule has 0 aliphatic heterocycles. The average molecular weight is 349 g/mol. The van der Waals surface area contributed by atoms with Gasteiger partial charge in [0.25, 0.3) is 5.69 Å². The maximum absolute atomic E-state index is 12.5. The van der Waals surface area contributed by atoms with E-state index in [-0.39, 0.29) is 17.1 Å². The van der Waals surface area contributed by atoms with Crippen molar-refractivity contribution in [2.24, 2.45) is 0 Å². The Morgan fingerprint density at radius 1 is 0.958 bits per heavy atom. The lowest BCUT2D eigenvalue weighted by Gasteiger charge is -2.18. The zero-order chi connectivity index (χ0) is 17.9. The Morgan fingerprint density at radius 3 is 1.96 bits per heavy atom. The van der Waals surface area contributed by atoms with E-state index in [2.05, 4.69) is 0 Å². The van der Waals surface area contributed by atoms with Crippen LogP contribution >= 0.6 is 0 Å². The molecule has 0 aliphatic carbocycles. The minimum atomic E-state index is -3.71. The highest BCUT2D eigenvalue weighted by Crippen LogP contribution is 2.21. The lowest BCUT2D eigenvalue weighted by atomic mass is 10.2. The minimum Gasteiger partial charge on any atom is -0.378 e. The SMILES string of the molecule is CN(C)c1ccc(CN(C)S(=O)(=O)c2ccc([N+](=O)[O-])cc2)cc1. The first-order valence-corrected chi connectivity index (χ1v) is 8.63. The van der Waals surface area contributed by atoms with Crippen LogP contribution in [0, 0.1) is 10.1 Å². The van der Waals surface area contributed by atoms with Crippen molar-refractivity contribution in [3.63, 3.8) is 0 Å². The number of sulfonamides is 1. The number of rotatable bonds is 6. The van der Waals surface area contributed by atoms with Crippen LogP contribution in [0.2, 0.25) is 0 Å². The minimum absolute atomic E-state index is 0.0283. The summed E-state index contributed by atoms with van der Waals surface area (Å²) in [5.41, 5.74) is 1.74. The van der Waals surface area contributed by atoms with Crippen LogP contribution in [-0.2, 0) is 16.6 Å². The molecular weight excluding hydrogens is 330 g/mol. The van der Waals surface area contributed by atoms with Gasteiger partial charge in [-0.1, -0.05) is 12.1 Å². The van der Waals surface area contributed by atoms with Gasteiger partial charge in [-0.2, -0.15) is 4.31 Å². The summed E-state index contributed by atoms with van der Waals surface area (Å²) in [5.74, 6) is 0. The first-order chi connectivity index (χ1) is 11.2. The molecule has 0 saturated carbocycles. The highest BCUT2D eigenvalue weighted by molar-refractivity contribution is 7.89. The van der Waals surface area contributed by atoms with Crippen LogP contribution in [0.15, 0.2) is 53.4 Å². The smallest absolute Gasteiger partial charge is 0.269 e. The van der Waals surface area contributed by atoms with Gasteiger partial charge in [0.1, 0.15) is 0 Å². The van der Waals surface area contributed by atoms with Crippen LogP contribution in [-0.4, -0.2) is 38.8 Å². The van der Waals surface area contributed by atoms with Crippen molar-refractivity contribution in [2.75, 3.05) is 26.0 Å². The topological polar surface area (TPSA) is 83.8 Å². The van der Waals surface area contributed by atoms with Crippen molar-refractivity contribution in [2.45, 2.75) is 11.4 Å². The summed E-state index contributed by atoms with van der Waals surface area (Å²) >= 11 is 0. The second kappa shape index (κ2) is 6.98. The van der Waals surface area contributed by atoms with Gasteiger partial charge in [-0.3, -0.25) is 10.1 Å². The summed E-state index contributed by atoms with van der Waals surface area (Å²) in [7, 11) is 1.64.